The first-order valence-electron chi connectivity index (χ1n) is 17.0. The number of hydrogen-bond donors (Lipinski definition) is 6. The number of aliphatic carboxylic acids is 1. The van der Waals surface area contributed by atoms with Crippen LogP contribution in [0.3, 0.4) is 0 Å². The van der Waals surface area contributed by atoms with Gasteiger partial charge in [0.1, 0.15) is 5.60 Å². The Labute approximate surface area is 284 Å². The lowest BCUT2D eigenvalue weighted by atomic mass is 9.92. The second kappa shape index (κ2) is 18.9. The number of ether oxygens (including phenoxy) is 2. The highest BCUT2D eigenvalue weighted by Crippen LogP contribution is 2.44. The van der Waals surface area contributed by atoms with Crippen LogP contribution in [0, 0.1) is 11.8 Å². The number of nitrogens with two attached hydrogens (primary N) is 1. The highest BCUT2D eigenvalue weighted by atomic mass is 16.5. The molecule has 1 fully saturated rings. The molecule has 0 bridgehead atoms. The van der Waals surface area contributed by atoms with E-state index in [0.29, 0.717) is 55.8 Å². The summed E-state index contributed by atoms with van der Waals surface area (Å²) in [7, 11) is 4.91. The number of guanidine groups is 1. The number of nitrogens with zero attached hydrogens (tertiary/aromatic N) is 1. The number of benzene rings is 2. The molecule has 0 amide bonds. The Morgan fingerprint density at radius 1 is 1.15 bits per heavy atom. The number of hydrogen-bond acceptors (Lipinski definition) is 8. The molecule has 264 valence electrons. The number of likely N-dealkylation sites (N-methyl/N-ethyl adjacent to an activating group) is 1. The summed E-state index contributed by atoms with van der Waals surface area (Å²) in [5.74, 6) is 0.320. The van der Waals surface area contributed by atoms with Crippen LogP contribution < -0.4 is 25.8 Å². The topological polar surface area (TPSA) is 176 Å². The average Bonchev–Trinajstić information content (AvgIpc) is 3.46. The van der Waals surface area contributed by atoms with E-state index in [0.717, 1.165) is 49.7 Å². The molecule has 48 heavy (non-hydrogen) atoms. The number of carboxylic acids is 1. The minimum absolute atomic E-state index is 0.0132. The first-order chi connectivity index (χ1) is 23.0. The van der Waals surface area contributed by atoms with Crippen molar-refractivity contribution >= 4 is 23.4 Å². The Bertz CT molecular complexity index is 1430. The van der Waals surface area contributed by atoms with E-state index in [1.54, 1.807) is 31.3 Å². The van der Waals surface area contributed by atoms with Crippen LogP contribution in [0.5, 0.6) is 23.0 Å². The molecule has 3 rings (SSSR count). The van der Waals surface area contributed by atoms with Crippen molar-refractivity contribution in [3.8, 4) is 23.0 Å². The van der Waals surface area contributed by atoms with E-state index in [4.69, 9.17) is 15.2 Å². The van der Waals surface area contributed by atoms with E-state index in [1.807, 2.05) is 25.3 Å². The van der Waals surface area contributed by atoms with Gasteiger partial charge in [0, 0.05) is 26.4 Å². The van der Waals surface area contributed by atoms with Crippen molar-refractivity contribution in [1.29, 1.82) is 0 Å². The molecule has 1 saturated carbocycles. The summed E-state index contributed by atoms with van der Waals surface area (Å²) in [6, 6.07) is 8.81. The number of methoxy groups -OCH3 is 1. The molecule has 0 spiro atoms. The second-order valence-corrected chi connectivity index (χ2v) is 12.9. The third-order valence-electron chi connectivity index (χ3n) is 9.03. The summed E-state index contributed by atoms with van der Waals surface area (Å²) in [5, 5.41) is 36.6. The molecule has 0 radical (unpaired) electrons. The van der Waals surface area contributed by atoms with Gasteiger partial charge in [-0.05, 0) is 105 Å². The summed E-state index contributed by atoms with van der Waals surface area (Å²) in [5.41, 5.74) is 7.59. The van der Waals surface area contributed by atoms with Gasteiger partial charge < -0.3 is 41.2 Å². The lowest BCUT2D eigenvalue weighted by molar-refractivity contribution is -0.137. The lowest BCUT2D eigenvalue weighted by Crippen LogP contribution is -2.42. The number of ketones is 1. The Morgan fingerprint density at radius 3 is 2.60 bits per heavy atom. The van der Waals surface area contributed by atoms with Crippen molar-refractivity contribution in [3.05, 3.63) is 53.6 Å². The molecule has 0 aromatic heterocycles. The van der Waals surface area contributed by atoms with Crippen LogP contribution in [0.1, 0.15) is 82.3 Å². The van der Waals surface area contributed by atoms with Crippen LogP contribution in [0.25, 0.3) is 0 Å². The summed E-state index contributed by atoms with van der Waals surface area (Å²) in [4.78, 5) is 28.1. The molecule has 0 heterocycles. The number of phenols is 2. The maximum absolute atomic E-state index is 12.9. The quantitative estimate of drug-likeness (QED) is 0.0325. The molecule has 0 saturated heterocycles. The molecule has 2 aromatic rings. The van der Waals surface area contributed by atoms with Crippen molar-refractivity contribution in [2.45, 2.75) is 89.6 Å². The zero-order valence-electron chi connectivity index (χ0n) is 28.9. The number of aliphatic imine (C=N–C) groups is 1. The van der Waals surface area contributed by atoms with Crippen LogP contribution >= 0.6 is 0 Å². The van der Waals surface area contributed by atoms with Gasteiger partial charge in [-0.15, -0.1) is 0 Å². The molecular formula is C37H54N4O7. The summed E-state index contributed by atoms with van der Waals surface area (Å²) < 4.78 is 11.9. The molecule has 11 heteroatoms. The van der Waals surface area contributed by atoms with Gasteiger partial charge >= 0.3 is 5.97 Å². The van der Waals surface area contributed by atoms with Crippen LogP contribution in [0.15, 0.2) is 47.5 Å². The van der Waals surface area contributed by atoms with E-state index in [2.05, 4.69) is 22.5 Å². The molecular weight excluding hydrogens is 612 g/mol. The number of aryl methyl sites for hydroxylation is 1. The average molecular weight is 667 g/mol. The fourth-order valence-corrected chi connectivity index (χ4v) is 6.46. The van der Waals surface area contributed by atoms with Gasteiger partial charge in [-0.3, -0.25) is 14.6 Å². The number of unbranched alkanes of at least 4 members (excludes halogenated alkanes) is 2. The molecule has 11 nitrogen and oxygen atoms in total. The van der Waals surface area contributed by atoms with Crippen LogP contribution in [-0.2, 0) is 22.4 Å². The normalized spacial score (nSPS) is 18.6. The Hall–Kier alpha value is -4.25. The van der Waals surface area contributed by atoms with Crippen molar-refractivity contribution in [3.63, 3.8) is 0 Å². The SMILES string of the molecule is CCCCC[C@H](C=CC(=O)CCc1ccc(O)c(OC)c1)Cc1cc(NC(N)=NC)c(O)c(O[C@@]2(CNC)CC[C@H](CCC(=O)O)C2)c1. The maximum Gasteiger partial charge on any atom is 0.303 e. The van der Waals surface area contributed by atoms with Crippen molar-refractivity contribution in [2.75, 3.05) is 33.1 Å². The minimum atomic E-state index is -0.805. The highest BCUT2D eigenvalue weighted by Gasteiger charge is 2.41. The van der Waals surface area contributed by atoms with E-state index in [-0.39, 0.29) is 41.5 Å². The zero-order chi connectivity index (χ0) is 35.1. The largest absolute Gasteiger partial charge is 0.504 e. The van der Waals surface area contributed by atoms with Gasteiger partial charge in [0.2, 0.25) is 0 Å². The van der Waals surface area contributed by atoms with Gasteiger partial charge in [0.05, 0.1) is 12.8 Å². The van der Waals surface area contributed by atoms with Gasteiger partial charge in [-0.2, -0.15) is 0 Å². The number of nitrogens with one attached hydrogen (secondary N) is 2. The van der Waals surface area contributed by atoms with Crippen LogP contribution in [-0.4, -0.2) is 66.4 Å². The first-order valence-corrected chi connectivity index (χ1v) is 17.0. The predicted octanol–water partition coefficient (Wildman–Crippen LogP) is 5.96. The number of allylic oxidation sites excluding steroid dienone is 2. The number of phenolic OH excluding ortho intramolecular Hbond substituents is 2. The molecule has 7 N–H and O–H groups in total. The van der Waals surface area contributed by atoms with Crippen LogP contribution in [0.4, 0.5) is 5.69 Å². The Balaban J connectivity index is 1.84. The van der Waals surface area contributed by atoms with Gasteiger partial charge in [0.25, 0.3) is 0 Å². The lowest BCUT2D eigenvalue weighted by Gasteiger charge is -2.32. The smallest absolute Gasteiger partial charge is 0.303 e. The number of carboxylic acid groups (broad SMARTS) is 1. The Morgan fingerprint density at radius 2 is 1.92 bits per heavy atom. The van der Waals surface area contributed by atoms with E-state index in [9.17, 15) is 24.9 Å². The minimum Gasteiger partial charge on any atom is -0.504 e. The number of carbonyl (C=O) groups is 2. The Kier molecular flexibility index (Phi) is 15.1. The number of carbonyl (C=O) groups excluding carboxylic acids is 1. The first kappa shape index (κ1) is 38.2. The highest BCUT2D eigenvalue weighted by molar-refractivity contribution is 5.94. The van der Waals surface area contributed by atoms with Crippen LogP contribution in [0.2, 0.25) is 0 Å². The van der Waals surface area contributed by atoms with Crippen molar-refractivity contribution in [2.24, 2.45) is 22.6 Å². The molecule has 3 atom stereocenters. The summed E-state index contributed by atoms with van der Waals surface area (Å²) >= 11 is 0. The molecule has 1 aliphatic carbocycles. The molecule has 2 aromatic carbocycles. The fraction of sp³-hybridized carbons (Fsp3) is 0.541. The number of anilines is 1. The maximum atomic E-state index is 12.9. The second-order valence-electron chi connectivity index (χ2n) is 12.9. The van der Waals surface area contributed by atoms with E-state index >= 15 is 0 Å². The zero-order valence-corrected chi connectivity index (χ0v) is 28.9. The molecule has 0 unspecified atom stereocenters. The van der Waals surface area contributed by atoms with Gasteiger partial charge in [-0.25, -0.2) is 0 Å². The number of rotatable bonds is 20. The summed E-state index contributed by atoms with van der Waals surface area (Å²) in [6.45, 7) is 2.70. The summed E-state index contributed by atoms with van der Waals surface area (Å²) in [6.07, 6.45) is 12.1. The monoisotopic (exact) mass is 666 g/mol. The standard InChI is InChI=1S/C37H54N4O7/c1-5-6-7-8-25(9-13-29(42)14-10-26-11-15-31(43)32(21-26)47-4)19-28-20-30(41-36(38)40-3)35(46)33(22-28)48-37(24-39-2)18-17-27(23-37)12-16-34(44)45/h9,11,13,15,20-22,25,27,39,43,46H,5-8,10,12,14,16-19,23-24H2,1-4H3,(H,44,45)(H3,38,40,41)/t25-,27+,37+/m1/s1. The third kappa shape index (κ3) is 11.8. The number of aromatic hydroxyl groups is 2. The van der Waals surface area contributed by atoms with E-state index in [1.165, 1.54) is 7.11 Å². The fourth-order valence-electron chi connectivity index (χ4n) is 6.46. The van der Waals surface area contributed by atoms with Gasteiger partial charge in [0.15, 0.2) is 34.7 Å². The predicted molar refractivity (Wildman–Crippen MR) is 189 cm³/mol. The molecule has 0 aliphatic heterocycles. The van der Waals surface area contributed by atoms with E-state index < -0.39 is 11.6 Å². The molecule has 1 aliphatic rings. The van der Waals surface area contributed by atoms with Gasteiger partial charge in [-0.1, -0.05) is 38.3 Å². The van der Waals surface area contributed by atoms with Crippen molar-refractivity contribution < 1.29 is 34.4 Å². The van der Waals surface area contributed by atoms with Crippen molar-refractivity contribution in [1.82, 2.24) is 5.32 Å². The third-order valence-corrected chi connectivity index (χ3v) is 9.03.